The molecular formula is C16H15N3O4. The smallest absolute Gasteiger partial charge is 0.350 e. The average molecular weight is 313 g/mol. The van der Waals surface area contributed by atoms with Gasteiger partial charge in [-0.3, -0.25) is 14.5 Å². The highest BCUT2D eigenvalue weighted by Gasteiger charge is 2.35. The summed E-state index contributed by atoms with van der Waals surface area (Å²) in [5.41, 5.74) is 0.445. The Morgan fingerprint density at radius 3 is 3.00 bits per heavy atom. The van der Waals surface area contributed by atoms with E-state index >= 15 is 0 Å². The van der Waals surface area contributed by atoms with E-state index in [9.17, 15) is 14.4 Å². The lowest BCUT2D eigenvalue weighted by Gasteiger charge is -2.28. The first-order valence-corrected chi connectivity index (χ1v) is 7.23. The van der Waals surface area contributed by atoms with Crippen molar-refractivity contribution in [3.8, 4) is 0 Å². The molecule has 3 rings (SSSR count). The predicted molar refractivity (Wildman–Crippen MR) is 81.5 cm³/mol. The molecular weight excluding hydrogens is 298 g/mol. The van der Waals surface area contributed by atoms with Crippen LogP contribution in [0.1, 0.15) is 12.2 Å². The second kappa shape index (κ2) is 6.43. The maximum absolute atomic E-state index is 12.3. The van der Waals surface area contributed by atoms with E-state index in [1.54, 1.807) is 36.4 Å². The van der Waals surface area contributed by atoms with E-state index in [0.717, 1.165) is 4.90 Å². The summed E-state index contributed by atoms with van der Waals surface area (Å²) < 4.78 is 5.11. The molecule has 23 heavy (non-hydrogen) atoms. The predicted octanol–water partition coefficient (Wildman–Crippen LogP) is 1.43. The van der Waals surface area contributed by atoms with Gasteiger partial charge in [-0.25, -0.2) is 4.79 Å². The molecule has 1 aromatic rings. The summed E-state index contributed by atoms with van der Waals surface area (Å²) in [5.74, 6) is -0.518. The van der Waals surface area contributed by atoms with Gasteiger partial charge in [0.1, 0.15) is 5.76 Å². The fourth-order valence-electron chi connectivity index (χ4n) is 2.39. The van der Waals surface area contributed by atoms with Crippen molar-refractivity contribution < 1.29 is 18.8 Å². The number of amides is 4. The van der Waals surface area contributed by atoms with Gasteiger partial charge >= 0.3 is 6.03 Å². The number of nitrogens with one attached hydrogen (secondary N) is 1. The minimum Gasteiger partial charge on any atom is -0.467 e. The molecule has 1 N–H and O–H groups in total. The largest absolute Gasteiger partial charge is 0.467 e. The Morgan fingerprint density at radius 2 is 2.22 bits per heavy atom. The van der Waals surface area contributed by atoms with E-state index in [1.807, 2.05) is 0 Å². The maximum Gasteiger partial charge on any atom is 0.350 e. The molecule has 0 fully saturated rings. The molecule has 0 saturated carbocycles. The van der Waals surface area contributed by atoms with Crippen LogP contribution in [0, 0.1) is 5.92 Å². The number of hydrogen-bond donors (Lipinski definition) is 1. The fourth-order valence-corrected chi connectivity index (χ4v) is 2.39. The summed E-state index contributed by atoms with van der Waals surface area (Å²) in [6.45, 7) is 0.276. The third-order valence-corrected chi connectivity index (χ3v) is 3.59. The highest BCUT2D eigenvalue weighted by molar-refractivity contribution is 6.21. The van der Waals surface area contributed by atoms with Crippen molar-refractivity contribution in [3.05, 3.63) is 48.5 Å². The van der Waals surface area contributed by atoms with Crippen molar-refractivity contribution in [2.45, 2.75) is 13.0 Å². The lowest BCUT2D eigenvalue weighted by Crippen LogP contribution is -2.47. The molecule has 0 saturated heterocycles. The van der Waals surface area contributed by atoms with Crippen LogP contribution in [0.25, 0.3) is 0 Å². The quantitative estimate of drug-likeness (QED) is 0.890. The standard InChI is InChI=1S/C16H15N3O4/c20-14(17-10-11-4-3-9-23-11)7-8-19-15(21)12-5-1-2-6-13(12)18-16(19)22/h1-6,9,12H,7-8,10H2,(H,17,20). The van der Waals surface area contributed by atoms with Gasteiger partial charge in [0, 0.05) is 13.0 Å². The molecule has 2 heterocycles. The fraction of sp³-hybridized carbons (Fsp3) is 0.250. The van der Waals surface area contributed by atoms with Crippen LogP contribution in [0.2, 0.25) is 0 Å². The number of carbonyl (C=O) groups is 3. The maximum atomic E-state index is 12.3. The van der Waals surface area contributed by atoms with Crippen molar-refractivity contribution in [1.82, 2.24) is 10.2 Å². The van der Waals surface area contributed by atoms with Crippen molar-refractivity contribution in [3.63, 3.8) is 0 Å². The minimum absolute atomic E-state index is 0.00644. The third-order valence-electron chi connectivity index (χ3n) is 3.59. The molecule has 0 spiro atoms. The van der Waals surface area contributed by atoms with E-state index in [4.69, 9.17) is 4.42 Å². The van der Waals surface area contributed by atoms with E-state index in [1.165, 1.54) is 6.26 Å². The number of carbonyl (C=O) groups excluding carboxylic acids is 3. The Morgan fingerprint density at radius 1 is 1.35 bits per heavy atom. The Labute approximate surface area is 132 Å². The Hall–Kier alpha value is -2.96. The number of fused-ring (bicyclic) bond motifs is 1. The summed E-state index contributed by atoms with van der Waals surface area (Å²) >= 11 is 0. The number of hydrogen-bond acceptors (Lipinski definition) is 4. The first-order valence-electron chi connectivity index (χ1n) is 7.23. The zero-order valence-electron chi connectivity index (χ0n) is 12.3. The van der Waals surface area contributed by atoms with Gasteiger partial charge in [0.2, 0.25) is 11.8 Å². The summed E-state index contributed by atoms with van der Waals surface area (Å²) in [7, 11) is 0. The number of urea groups is 1. The molecule has 7 heteroatoms. The first kappa shape index (κ1) is 15.0. The lowest BCUT2D eigenvalue weighted by molar-refractivity contribution is -0.130. The number of imide groups is 1. The van der Waals surface area contributed by atoms with Gasteiger partial charge in [0.05, 0.1) is 24.4 Å². The molecule has 0 bridgehead atoms. The lowest BCUT2D eigenvalue weighted by atomic mass is 9.95. The molecule has 1 unspecified atom stereocenters. The summed E-state index contributed by atoms with van der Waals surface area (Å²) in [6, 6.07) is 2.85. The van der Waals surface area contributed by atoms with Crippen LogP contribution in [0.15, 0.2) is 52.1 Å². The van der Waals surface area contributed by atoms with Gasteiger partial charge in [-0.05, 0) is 18.2 Å². The molecule has 1 atom stereocenters. The van der Waals surface area contributed by atoms with Crippen molar-refractivity contribution in [2.75, 3.05) is 6.54 Å². The van der Waals surface area contributed by atoms with Gasteiger partial charge in [0.25, 0.3) is 0 Å². The first-order chi connectivity index (χ1) is 11.1. The van der Waals surface area contributed by atoms with Gasteiger partial charge in [-0.15, -0.1) is 0 Å². The van der Waals surface area contributed by atoms with E-state index in [2.05, 4.69) is 10.3 Å². The number of furan rings is 1. The Kier molecular flexibility index (Phi) is 4.18. The van der Waals surface area contributed by atoms with Crippen LogP contribution < -0.4 is 5.32 Å². The summed E-state index contributed by atoms with van der Waals surface area (Å²) in [4.78, 5) is 41.0. The molecule has 0 aromatic carbocycles. The van der Waals surface area contributed by atoms with E-state index in [-0.39, 0.29) is 31.3 Å². The zero-order chi connectivity index (χ0) is 16.2. The highest BCUT2D eigenvalue weighted by atomic mass is 16.3. The van der Waals surface area contributed by atoms with Crippen molar-refractivity contribution in [1.29, 1.82) is 0 Å². The van der Waals surface area contributed by atoms with Gasteiger partial charge in [-0.2, -0.15) is 4.99 Å². The van der Waals surface area contributed by atoms with Crippen LogP contribution >= 0.6 is 0 Å². The molecule has 2 aliphatic rings. The van der Waals surface area contributed by atoms with Gasteiger partial charge < -0.3 is 9.73 Å². The molecule has 4 amide bonds. The number of allylic oxidation sites excluding steroid dienone is 3. The van der Waals surface area contributed by atoms with Crippen molar-refractivity contribution in [2.24, 2.45) is 10.9 Å². The van der Waals surface area contributed by atoms with Gasteiger partial charge in [-0.1, -0.05) is 18.2 Å². The van der Waals surface area contributed by atoms with Crippen molar-refractivity contribution >= 4 is 23.6 Å². The monoisotopic (exact) mass is 313 g/mol. The minimum atomic E-state index is -0.625. The van der Waals surface area contributed by atoms with E-state index in [0.29, 0.717) is 11.5 Å². The third kappa shape index (κ3) is 3.28. The van der Waals surface area contributed by atoms with Crippen LogP contribution in [0.4, 0.5) is 4.79 Å². The van der Waals surface area contributed by atoms with Crippen LogP contribution in [-0.4, -0.2) is 35.0 Å². The second-order valence-electron chi connectivity index (χ2n) is 5.14. The summed E-state index contributed by atoms with van der Waals surface area (Å²) in [5, 5.41) is 2.67. The molecule has 1 aliphatic carbocycles. The zero-order valence-corrected chi connectivity index (χ0v) is 12.3. The van der Waals surface area contributed by atoms with Crippen LogP contribution in [-0.2, 0) is 16.1 Å². The molecule has 1 aliphatic heterocycles. The van der Waals surface area contributed by atoms with Gasteiger partial charge in [0.15, 0.2) is 0 Å². The molecule has 1 aromatic heterocycles. The Bertz CT molecular complexity index is 716. The van der Waals surface area contributed by atoms with Crippen LogP contribution in [0.3, 0.4) is 0 Å². The van der Waals surface area contributed by atoms with E-state index < -0.39 is 11.9 Å². The number of aliphatic imine (C=N–C) groups is 1. The second-order valence-corrected chi connectivity index (χ2v) is 5.14. The topological polar surface area (TPSA) is 92.0 Å². The number of nitrogens with zero attached hydrogens (tertiary/aromatic N) is 2. The molecule has 7 nitrogen and oxygen atoms in total. The summed E-state index contributed by atoms with van der Waals surface area (Å²) in [6.07, 6.45) is 8.36. The molecule has 0 radical (unpaired) electrons. The van der Waals surface area contributed by atoms with Crippen LogP contribution in [0.5, 0.6) is 0 Å². The Balaban J connectivity index is 1.55. The SMILES string of the molecule is O=C(CCN1C(=O)N=C2C=CC=CC2C1=O)NCc1ccco1. The number of rotatable bonds is 5. The highest BCUT2D eigenvalue weighted by Crippen LogP contribution is 2.19. The molecule has 118 valence electrons. The average Bonchev–Trinajstić information content (AvgIpc) is 3.06. The normalized spacial score (nSPS) is 19.6.